The van der Waals surface area contributed by atoms with Gasteiger partial charge in [0.05, 0.1) is 0 Å². The van der Waals surface area contributed by atoms with Crippen LogP contribution in [0.15, 0.2) is 21.5 Å². The third-order valence-electron chi connectivity index (χ3n) is 1.59. The molecule has 0 aliphatic carbocycles. The second-order valence-electron chi connectivity index (χ2n) is 2.67. The summed E-state index contributed by atoms with van der Waals surface area (Å²) in [6.07, 6.45) is 2.20. The minimum absolute atomic E-state index is 0.457. The SMILES string of the molecule is C/C(=C\c1cc(Br)cs1)C(C)Br. The van der Waals surface area contributed by atoms with Crippen molar-refractivity contribution in [2.45, 2.75) is 18.7 Å². The molecule has 0 aliphatic rings. The summed E-state index contributed by atoms with van der Waals surface area (Å²) < 4.78 is 1.16. The van der Waals surface area contributed by atoms with Crippen LogP contribution in [0.5, 0.6) is 0 Å². The van der Waals surface area contributed by atoms with Crippen molar-refractivity contribution in [3.63, 3.8) is 0 Å². The second-order valence-corrected chi connectivity index (χ2v) is 5.90. The molecule has 1 heterocycles. The lowest BCUT2D eigenvalue weighted by Crippen LogP contribution is -1.89. The van der Waals surface area contributed by atoms with Gasteiger partial charge >= 0.3 is 0 Å². The van der Waals surface area contributed by atoms with E-state index in [0.717, 1.165) is 4.47 Å². The van der Waals surface area contributed by atoms with E-state index in [0.29, 0.717) is 4.83 Å². The molecule has 0 amide bonds. The Labute approximate surface area is 93.9 Å². The molecule has 0 spiro atoms. The first-order chi connectivity index (χ1) is 5.59. The molecule has 1 aromatic rings. The van der Waals surface area contributed by atoms with Crippen LogP contribution >= 0.6 is 43.2 Å². The summed E-state index contributed by atoms with van der Waals surface area (Å²) in [5.74, 6) is 0. The Bertz CT molecular complexity index is 286. The summed E-state index contributed by atoms with van der Waals surface area (Å²) >= 11 is 8.71. The highest BCUT2D eigenvalue weighted by Crippen LogP contribution is 2.23. The van der Waals surface area contributed by atoms with E-state index in [1.807, 2.05) is 0 Å². The zero-order valence-corrected chi connectivity index (χ0v) is 11.0. The molecule has 0 fully saturated rings. The molecular weight excluding hydrogens is 300 g/mol. The van der Waals surface area contributed by atoms with Gasteiger partial charge in [0, 0.05) is 19.6 Å². The summed E-state index contributed by atoms with van der Waals surface area (Å²) in [6.45, 7) is 4.27. The van der Waals surface area contributed by atoms with Crippen LogP contribution in [-0.4, -0.2) is 4.83 Å². The zero-order valence-electron chi connectivity index (χ0n) is 6.97. The summed E-state index contributed by atoms with van der Waals surface area (Å²) in [4.78, 5) is 1.75. The number of hydrogen-bond acceptors (Lipinski definition) is 1. The van der Waals surface area contributed by atoms with Crippen LogP contribution < -0.4 is 0 Å². The minimum Gasteiger partial charge on any atom is -0.143 e. The highest BCUT2D eigenvalue weighted by atomic mass is 79.9. The Hall–Kier alpha value is 0.400. The predicted molar refractivity (Wildman–Crippen MR) is 64.1 cm³/mol. The van der Waals surface area contributed by atoms with Crippen LogP contribution in [0.3, 0.4) is 0 Å². The molecule has 0 aromatic carbocycles. The van der Waals surface area contributed by atoms with Crippen LogP contribution in [0, 0.1) is 0 Å². The largest absolute Gasteiger partial charge is 0.143 e. The molecule has 0 nitrogen and oxygen atoms in total. The molecule has 0 bridgehead atoms. The third kappa shape index (κ3) is 3.04. The summed E-state index contributed by atoms with van der Waals surface area (Å²) in [5, 5.41) is 2.10. The zero-order chi connectivity index (χ0) is 9.14. The van der Waals surface area contributed by atoms with Crippen molar-refractivity contribution in [3.05, 3.63) is 26.4 Å². The van der Waals surface area contributed by atoms with Gasteiger partial charge in [-0.1, -0.05) is 21.5 Å². The fraction of sp³-hybridized carbons (Fsp3) is 0.333. The van der Waals surface area contributed by atoms with Gasteiger partial charge in [-0.15, -0.1) is 11.3 Å². The smallest absolute Gasteiger partial charge is 0.0327 e. The van der Waals surface area contributed by atoms with Gasteiger partial charge < -0.3 is 0 Å². The quantitative estimate of drug-likeness (QED) is 0.695. The summed E-state index contributed by atoms with van der Waals surface area (Å²) in [5.41, 5.74) is 1.35. The Morgan fingerprint density at radius 1 is 1.67 bits per heavy atom. The van der Waals surface area contributed by atoms with Crippen molar-refractivity contribution in [2.75, 3.05) is 0 Å². The molecule has 1 atom stereocenters. The molecule has 1 aromatic heterocycles. The van der Waals surface area contributed by atoms with E-state index < -0.39 is 0 Å². The molecule has 0 N–H and O–H groups in total. The van der Waals surface area contributed by atoms with Crippen molar-refractivity contribution >= 4 is 49.3 Å². The number of rotatable bonds is 2. The van der Waals surface area contributed by atoms with Gasteiger partial charge in [0.2, 0.25) is 0 Å². The van der Waals surface area contributed by atoms with Crippen LogP contribution in [0.2, 0.25) is 0 Å². The standard InChI is InChI=1S/C9H10Br2S/c1-6(7(2)10)3-9-4-8(11)5-12-9/h3-5,7H,1-2H3/b6-3+. The number of allylic oxidation sites excluding steroid dienone is 1. The van der Waals surface area contributed by atoms with E-state index in [9.17, 15) is 0 Å². The van der Waals surface area contributed by atoms with Crippen molar-refractivity contribution in [1.82, 2.24) is 0 Å². The first-order valence-corrected chi connectivity index (χ1v) is 6.24. The topological polar surface area (TPSA) is 0 Å². The van der Waals surface area contributed by atoms with E-state index >= 15 is 0 Å². The Morgan fingerprint density at radius 3 is 2.75 bits per heavy atom. The van der Waals surface area contributed by atoms with E-state index in [2.05, 4.69) is 63.2 Å². The van der Waals surface area contributed by atoms with Gasteiger partial charge in [0.25, 0.3) is 0 Å². The van der Waals surface area contributed by atoms with Gasteiger partial charge in [-0.3, -0.25) is 0 Å². The Kier molecular flexibility index (Phi) is 4.00. The van der Waals surface area contributed by atoms with Crippen molar-refractivity contribution < 1.29 is 0 Å². The fourth-order valence-corrected chi connectivity index (χ4v) is 2.32. The van der Waals surface area contributed by atoms with E-state index in [1.165, 1.54) is 10.5 Å². The average molecular weight is 310 g/mol. The monoisotopic (exact) mass is 308 g/mol. The Morgan fingerprint density at radius 2 is 2.33 bits per heavy atom. The molecule has 3 heteroatoms. The van der Waals surface area contributed by atoms with E-state index in [1.54, 1.807) is 11.3 Å². The Balaban J connectivity index is 2.80. The highest BCUT2D eigenvalue weighted by Gasteiger charge is 1.99. The lowest BCUT2D eigenvalue weighted by Gasteiger charge is -2.00. The van der Waals surface area contributed by atoms with Crippen molar-refractivity contribution in [1.29, 1.82) is 0 Å². The van der Waals surface area contributed by atoms with Crippen LogP contribution in [-0.2, 0) is 0 Å². The molecule has 66 valence electrons. The van der Waals surface area contributed by atoms with Crippen LogP contribution in [0.1, 0.15) is 18.7 Å². The number of thiophene rings is 1. The van der Waals surface area contributed by atoms with Gasteiger partial charge in [-0.25, -0.2) is 0 Å². The number of alkyl halides is 1. The van der Waals surface area contributed by atoms with E-state index in [-0.39, 0.29) is 0 Å². The normalized spacial score (nSPS) is 14.8. The number of halogens is 2. The van der Waals surface area contributed by atoms with Crippen molar-refractivity contribution in [2.24, 2.45) is 0 Å². The first kappa shape index (κ1) is 10.5. The molecule has 1 rings (SSSR count). The highest BCUT2D eigenvalue weighted by molar-refractivity contribution is 9.10. The minimum atomic E-state index is 0.457. The van der Waals surface area contributed by atoms with Gasteiger partial charge in [-0.05, 0) is 41.9 Å². The van der Waals surface area contributed by atoms with Gasteiger partial charge in [0.1, 0.15) is 0 Å². The van der Waals surface area contributed by atoms with Crippen LogP contribution in [0.4, 0.5) is 0 Å². The predicted octanol–water partition coefficient (Wildman–Crippen LogP) is 4.70. The maximum atomic E-state index is 3.53. The molecule has 0 saturated heterocycles. The number of hydrogen-bond donors (Lipinski definition) is 0. The fourth-order valence-electron chi connectivity index (χ4n) is 0.743. The molecular formula is C9H10Br2S. The maximum absolute atomic E-state index is 3.53. The molecule has 0 radical (unpaired) electrons. The van der Waals surface area contributed by atoms with Crippen molar-refractivity contribution in [3.8, 4) is 0 Å². The van der Waals surface area contributed by atoms with Gasteiger partial charge in [0.15, 0.2) is 0 Å². The molecule has 0 aliphatic heterocycles. The molecule has 1 unspecified atom stereocenters. The summed E-state index contributed by atoms with van der Waals surface area (Å²) in [7, 11) is 0. The first-order valence-electron chi connectivity index (χ1n) is 3.66. The molecule has 12 heavy (non-hydrogen) atoms. The second kappa shape index (κ2) is 4.58. The van der Waals surface area contributed by atoms with E-state index in [4.69, 9.17) is 0 Å². The average Bonchev–Trinajstić information content (AvgIpc) is 2.35. The van der Waals surface area contributed by atoms with Gasteiger partial charge in [-0.2, -0.15) is 0 Å². The molecule has 0 saturated carbocycles. The summed E-state index contributed by atoms with van der Waals surface area (Å²) in [6, 6.07) is 2.13. The third-order valence-corrected chi connectivity index (χ3v) is 3.95. The lowest BCUT2D eigenvalue weighted by molar-refractivity contribution is 1.16. The van der Waals surface area contributed by atoms with Crippen LogP contribution in [0.25, 0.3) is 6.08 Å². The maximum Gasteiger partial charge on any atom is 0.0327 e. The lowest BCUT2D eigenvalue weighted by atomic mass is 10.2.